The smallest absolute Gasteiger partial charge is 0.221 e. The van der Waals surface area contributed by atoms with Crippen LogP contribution in [0.3, 0.4) is 0 Å². The number of carbonyl (C=O) groups is 1. The van der Waals surface area contributed by atoms with Crippen LogP contribution in [0.4, 0.5) is 11.4 Å². The van der Waals surface area contributed by atoms with Crippen LogP contribution in [-0.2, 0) is 4.79 Å². The van der Waals surface area contributed by atoms with Crippen molar-refractivity contribution in [1.29, 1.82) is 10.5 Å². The summed E-state index contributed by atoms with van der Waals surface area (Å²) in [7, 11) is 0. The van der Waals surface area contributed by atoms with E-state index in [4.69, 9.17) is 10.5 Å². The van der Waals surface area contributed by atoms with Crippen molar-refractivity contribution in [3.63, 3.8) is 0 Å². The molecule has 0 spiro atoms. The number of anilines is 2. The quantitative estimate of drug-likeness (QED) is 0.473. The topological polar surface area (TPSA) is 79.9 Å². The highest BCUT2D eigenvalue weighted by Gasteiger charge is 2.36. The van der Waals surface area contributed by atoms with Crippen molar-refractivity contribution >= 4 is 23.4 Å². The SMILES string of the molecule is CCCCCCN1c2cc(NC(C)=O)c(C=C(C#N)C#N)cc2C(C)CC1(C)C. The summed E-state index contributed by atoms with van der Waals surface area (Å²) in [6, 6.07) is 7.88. The molecular formula is C24H32N4O. The van der Waals surface area contributed by atoms with Gasteiger partial charge in [-0.25, -0.2) is 0 Å². The molecule has 1 atom stereocenters. The number of carbonyl (C=O) groups excluding carboxylic acids is 1. The Balaban J connectivity index is 2.57. The Morgan fingerprint density at radius 3 is 2.55 bits per heavy atom. The Morgan fingerprint density at radius 1 is 1.28 bits per heavy atom. The van der Waals surface area contributed by atoms with Crippen LogP contribution in [0.1, 0.15) is 83.8 Å². The highest BCUT2D eigenvalue weighted by Crippen LogP contribution is 2.45. The van der Waals surface area contributed by atoms with Crippen molar-refractivity contribution in [2.24, 2.45) is 0 Å². The van der Waals surface area contributed by atoms with E-state index in [0.717, 1.165) is 25.1 Å². The van der Waals surface area contributed by atoms with Gasteiger partial charge < -0.3 is 10.2 Å². The normalized spacial score (nSPS) is 16.9. The lowest BCUT2D eigenvalue weighted by atomic mass is 9.79. The number of hydrogen-bond acceptors (Lipinski definition) is 4. The lowest BCUT2D eigenvalue weighted by Crippen LogP contribution is -2.48. The van der Waals surface area contributed by atoms with E-state index >= 15 is 0 Å². The average Bonchev–Trinajstić information content (AvgIpc) is 2.65. The number of nitrogens with one attached hydrogen (secondary N) is 1. The van der Waals surface area contributed by atoms with Crippen LogP contribution in [0, 0.1) is 22.7 Å². The van der Waals surface area contributed by atoms with Crippen molar-refractivity contribution < 1.29 is 4.79 Å². The van der Waals surface area contributed by atoms with Gasteiger partial charge in [-0.2, -0.15) is 10.5 Å². The summed E-state index contributed by atoms with van der Waals surface area (Å²) < 4.78 is 0. The number of nitrogens with zero attached hydrogens (tertiary/aromatic N) is 3. The summed E-state index contributed by atoms with van der Waals surface area (Å²) in [6.45, 7) is 11.4. The van der Waals surface area contributed by atoms with E-state index in [1.165, 1.54) is 31.7 Å². The highest BCUT2D eigenvalue weighted by molar-refractivity contribution is 5.93. The maximum absolute atomic E-state index is 11.8. The van der Waals surface area contributed by atoms with Gasteiger partial charge in [0.05, 0.1) is 5.69 Å². The Labute approximate surface area is 175 Å². The summed E-state index contributed by atoms with van der Waals surface area (Å²) in [4.78, 5) is 14.3. The van der Waals surface area contributed by atoms with Crippen LogP contribution in [0.2, 0.25) is 0 Å². The predicted molar refractivity (Wildman–Crippen MR) is 119 cm³/mol. The fraction of sp³-hybridized carbons (Fsp3) is 0.542. The standard InChI is InChI=1S/C24H32N4O/c1-6-7-8-9-10-28-23-13-22(27-18(3)29)20(11-19(15-25)16-26)12-21(23)17(2)14-24(28,4)5/h11-13,17H,6-10,14H2,1-5H3,(H,27,29). The molecule has 1 aliphatic rings. The minimum atomic E-state index is -0.173. The Bertz CT molecular complexity index is 854. The first-order valence-electron chi connectivity index (χ1n) is 10.5. The first-order valence-corrected chi connectivity index (χ1v) is 10.5. The molecule has 1 aromatic carbocycles. The van der Waals surface area contributed by atoms with Gasteiger partial charge in [-0.1, -0.05) is 33.1 Å². The second-order valence-corrected chi connectivity index (χ2v) is 8.59. The van der Waals surface area contributed by atoms with E-state index in [1.54, 1.807) is 6.08 Å². The second kappa shape index (κ2) is 9.61. The second-order valence-electron chi connectivity index (χ2n) is 8.59. The minimum Gasteiger partial charge on any atom is -0.366 e. The van der Waals surface area contributed by atoms with Crippen molar-refractivity contribution in [2.75, 3.05) is 16.8 Å². The molecular weight excluding hydrogens is 360 g/mol. The number of nitriles is 2. The van der Waals surface area contributed by atoms with Gasteiger partial charge in [0, 0.05) is 30.3 Å². The van der Waals surface area contributed by atoms with Crippen LogP contribution >= 0.6 is 0 Å². The first-order chi connectivity index (χ1) is 13.7. The lowest BCUT2D eigenvalue weighted by Gasteiger charge is -2.48. The largest absolute Gasteiger partial charge is 0.366 e. The molecule has 0 aliphatic carbocycles. The zero-order valence-electron chi connectivity index (χ0n) is 18.3. The highest BCUT2D eigenvalue weighted by atomic mass is 16.1. The molecule has 1 N–H and O–H groups in total. The molecule has 0 aromatic heterocycles. The maximum atomic E-state index is 11.8. The molecule has 0 saturated heterocycles. The Kier molecular flexibility index (Phi) is 7.46. The van der Waals surface area contributed by atoms with E-state index in [0.29, 0.717) is 17.2 Å². The maximum Gasteiger partial charge on any atom is 0.221 e. The molecule has 1 amide bonds. The molecule has 0 fully saturated rings. The van der Waals surface area contributed by atoms with Gasteiger partial charge in [0.2, 0.25) is 5.91 Å². The van der Waals surface area contributed by atoms with E-state index in [9.17, 15) is 4.79 Å². The number of benzene rings is 1. The van der Waals surface area contributed by atoms with E-state index in [2.05, 4.69) is 37.9 Å². The number of allylic oxidation sites excluding steroid dienone is 1. The zero-order valence-corrected chi connectivity index (χ0v) is 18.3. The molecule has 0 radical (unpaired) electrons. The molecule has 29 heavy (non-hydrogen) atoms. The number of hydrogen-bond donors (Lipinski definition) is 1. The van der Waals surface area contributed by atoms with E-state index in [-0.39, 0.29) is 17.0 Å². The first kappa shape index (κ1) is 22.5. The fourth-order valence-corrected chi connectivity index (χ4v) is 4.33. The van der Waals surface area contributed by atoms with Crippen LogP contribution in [0.15, 0.2) is 17.7 Å². The number of amides is 1. The summed E-state index contributed by atoms with van der Waals surface area (Å²) in [6.07, 6.45) is 7.38. The molecule has 5 heteroatoms. The molecule has 0 saturated carbocycles. The summed E-state index contributed by atoms with van der Waals surface area (Å²) >= 11 is 0. The van der Waals surface area contributed by atoms with Gasteiger partial charge in [0.25, 0.3) is 0 Å². The predicted octanol–water partition coefficient (Wildman–Crippen LogP) is 5.75. The molecule has 1 aromatic rings. The number of rotatable bonds is 7. The van der Waals surface area contributed by atoms with Crippen LogP contribution in [0.25, 0.3) is 6.08 Å². The summed E-state index contributed by atoms with van der Waals surface area (Å²) in [5, 5.41) is 21.2. The lowest BCUT2D eigenvalue weighted by molar-refractivity contribution is -0.114. The van der Waals surface area contributed by atoms with Gasteiger partial charge in [0.15, 0.2) is 0 Å². The van der Waals surface area contributed by atoms with E-state index in [1.807, 2.05) is 24.3 Å². The van der Waals surface area contributed by atoms with Crippen LogP contribution in [-0.4, -0.2) is 18.0 Å². The van der Waals surface area contributed by atoms with Gasteiger partial charge in [-0.05, 0) is 56.4 Å². The molecule has 5 nitrogen and oxygen atoms in total. The Hall–Kier alpha value is -2.79. The molecule has 1 unspecified atom stereocenters. The third kappa shape index (κ3) is 5.39. The van der Waals surface area contributed by atoms with Gasteiger partial charge in [-0.3, -0.25) is 4.79 Å². The molecule has 1 heterocycles. The van der Waals surface area contributed by atoms with Gasteiger partial charge in [0.1, 0.15) is 17.7 Å². The van der Waals surface area contributed by atoms with Gasteiger partial charge in [-0.15, -0.1) is 0 Å². The van der Waals surface area contributed by atoms with Crippen LogP contribution in [0.5, 0.6) is 0 Å². The number of unbranched alkanes of at least 4 members (excludes halogenated alkanes) is 3. The third-order valence-electron chi connectivity index (χ3n) is 5.64. The Morgan fingerprint density at radius 2 is 1.97 bits per heavy atom. The summed E-state index contributed by atoms with van der Waals surface area (Å²) in [5.74, 6) is 0.172. The molecule has 2 rings (SSSR count). The minimum absolute atomic E-state index is 0.0218. The van der Waals surface area contributed by atoms with Crippen LogP contribution < -0.4 is 10.2 Å². The van der Waals surface area contributed by atoms with Crippen molar-refractivity contribution in [3.8, 4) is 12.1 Å². The third-order valence-corrected chi connectivity index (χ3v) is 5.64. The van der Waals surface area contributed by atoms with E-state index < -0.39 is 0 Å². The molecule has 0 bridgehead atoms. The van der Waals surface area contributed by atoms with Crippen molar-refractivity contribution in [1.82, 2.24) is 0 Å². The number of fused-ring (bicyclic) bond motifs is 1. The monoisotopic (exact) mass is 392 g/mol. The van der Waals surface area contributed by atoms with Gasteiger partial charge >= 0.3 is 0 Å². The molecule has 1 aliphatic heterocycles. The van der Waals surface area contributed by atoms with Crippen molar-refractivity contribution in [3.05, 3.63) is 28.8 Å². The fourth-order valence-electron chi connectivity index (χ4n) is 4.33. The summed E-state index contributed by atoms with van der Waals surface area (Å²) in [5.41, 5.74) is 3.74. The zero-order chi connectivity index (χ0) is 21.6. The van der Waals surface area contributed by atoms with Crippen molar-refractivity contribution in [2.45, 2.75) is 78.2 Å². The average molecular weight is 393 g/mol. The molecule has 154 valence electrons.